The van der Waals surface area contributed by atoms with E-state index in [1.807, 2.05) is 11.1 Å². The Balaban J connectivity index is 1.87. The Kier molecular flexibility index (Phi) is 5.43. The van der Waals surface area contributed by atoms with Gasteiger partial charge in [-0.05, 0) is 23.8 Å². The Morgan fingerprint density at radius 3 is 2.65 bits per heavy atom. The molecule has 0 radical (unpaired) electrons. The van der Waals surface area contributed by atoms with E-state index in [1.54, 1.807) is 18.2 Å². The topological polar surface area (TPSA) is 36.8 Å². The van der Waals surface area contributed by atoms with Gasteiger partial charge in [-0.25, -0.2) is 5.01 Å². The number of benzene rings is 1. The number of rotatable bonds is 3. The molecule has 1 fully saturated rings. The van der Waals surface area contributed by atoms with Gasteiger partial charge < -0.3 is 4.90 Å². The first-order valence-corrected chi connectivity index (χ1v) is 7.30. The maximum absolute atomic E-state index is 11.8. The Hall–Kier alpha value is -1.07. The first kappa shape index (κ1) is 15.3. The second-order valence-electron chi connectivity index (χ2n) is 4.93. The van der Waals surface area contributed by atoms with Crippen LogP contribution in [0.25, 0.3) is 6.08 Å². The SMILES string of the molecule is C[NH+]1CCN(NC(=O)/C=C/c2ccc(Cl)c(Cl)c2)CC1. The first-order valence-electron chi connectivity index (χ1n) is 6.54. The average Bonchev–Trinajstić information content (AvgIpc) is 2.43. The molecular formula is C14H18Cl2N3O+. The molecule has 6 heteroatoms. The summed E-state index contributed by atoms with van der Waals surface area (Å²) >= 11 is 11.8. The van der Waals surface area contributed by atoms with Gasteiger partial charge in [0.25, 0.3) is 5.91 Å². The van der Waals surface area contributed by atoms with Gasteiger partial charge in [0, 0.05) is 6.08 Å². The summed E-state index contributed by atoms with van der Waals surface area (Å²) in [5.41, 5.74) is 3.72. The van der Waals surface area contributed by atoms with Crippen molar-refractivity contribution in [3.63, 3.8) is 0 Å². The molecule has 0 aromatic heterocycles. The predicted molar refractivity (Wildman–Crippen MR) is 81.8 cm³/mol. The Morgan fingerprint density at radius 1 is 1.30 bits per heavy atom. The van der Waals surface area contributed by atoms with E-state index < -0.39 is 0 Å². The molecule has 1 amide bonds. The number of piperazine rings is 1. The summed E-state index contributed by atoms with van der Waals surface area (Å²) < 4.78 is 0. The molecule has 1 aliphatic rings. The molecule has 0 unspecified atom stereocenters. The number of hydrogen-bond acceptors (Lipinski definition) is 2. The fraction of sp³-hybridized carbons (Fsp3) is 0.357. The quantitative estimate of drug-likeness (QED) is 0.812. The monoisotopic (exact) mass is 314 g/mol. The Morgan fingerprint density at radius 2 is 2.00 bits per heavy atom. The number of hydrazine groups is 1. The zero-order chi connectivity index (χ0) is 14.5. The molecule has 0 bridgehead atoms. The number of likely N-dealkylation sites (N-methyl/N-ethyl adjacent to an activating group) is 1. The van der Waals surface area contributed by atoms with Crippen molar-refractivity contribution in [3.05, 3.63) is 39.9 Å². The number of quaternary nitrogens is 1. The highest BCUT2D eigenvalue weighted by molar-refractivity contribution is 6.42. The molecular weight excluding hydrogens is 297 g/mol. The number of amides is 1. The van der Waals surface area contributed by atoms with Crippen molar-refractivity contribution in [2.75, 3.05) is 33.2 Å². The van der Waals surface area contributed by atoms with E-state index in [9.17, 15) is 4.79 Å². The maximum atomic E-state index is 11.8. The maximum Gasteiger partial charge on any atom is 0.258 e. The fourth-order valence-electron chi connectivity index (χ4n) is 1.98. The number of nitrogens with one attached hydrogen (secondary N) is 2. The zero-order valence-electron chi connectivity index (χ0n) is 11.3. The highest BCUT2D eigenvalue weighted by Crippen LogP contribution is 2.22. The Bertz CT molecular complexity index is 511. The van der Waals surface area contributed by atoms with Crippen LogP contribution in [-0.2, 0) is 4.79 Å². The lowest BCUT2D eigenvalue weighted by Gasteiger charge is -2.29. The number of halogens is 2. The number of carbonyl (C=O) groups is 1. The molecule has 0 atom stereocenters. The van der Waals surface area contributed by atoms with Crippen LogP contribution < -0.4 is 10.3 Å². The minimum absolute atomic E-state index is 0.129. The average molecular weight is 315 g/mol. The van der Waals surface area contributed by atoms with Crippen LogP contribution in [0, 0.1) is 0 Å². The van der Waals surface area contributed by atoms with Gasteiger partial charge in [0.15, 0.2) is 0 Å². The summed E-state index contributed by atoms with van der Waals surface area (Å²) in [6.45, 7) is 3.82. The summed E-state index contributed by atoms with van der Waals surface area (Å²) in [6.07, 6.45) is 3.23. The lowest BCUT2D eigenvalue weighted by molar-refractivity contribution is -0.884. The van der Waals surface area contributed by atoms with Gasteiger partial charge in [-0.1, -0.05) is 29.3 Å². The molecule has 2 rings (SSSR count). The third kappa shape index (κ3) is 4.49. The molecule has 1 aromatic rings. The summed E-state index contributed by atoms with van der Waals surface area (Å²) in [4.78, 5) is 13.3. The van der Waals surface area contributed by atoms with Crippen LogP contribution in [-0.4, -0.2) is 44.1 Å². The highest BCUT2D eigenvalue weighted by Gasteiger charge is 2.17. The van der Waals surface area contributed by atoms with Crippen LogP contribution in [0.2, 0.25) is 10.0 Å². The summed E-state index contributed by atoms with van der Waals surface area (Å²) in [5, 5.41) is 2.94. The predicted octanol–water partition coefficient (Wildman–Crippen LogP) is 0.868. The van der Waals surface area contributed by atoms with Crippen molar-refractivity contribution in [1.29, 1.82) is 0 Å². The molecule has 1 aromatic carbocycles. The largest absolute Gasteiger partial charge is 0.335 e. The third-order valence-electron chi connectivity index (χ3n) is 3.26. The van der Waals surface area contributed by atoms with Gasteiger partial charge in [-0.15, -0.1) is 0 Å². The number of nitrogens with zero attached hydrogens (tertiary/aromatic N) is 1. The minimum atomic E-state index is -0.129. The molecule has 20 heavy (non-hydrogen) atoms. The number of carbonyl (C=O) groups excluding carboxylic acids is 1. The standard InChI is InChI=1S/C14H17Cl2N3O/c1-18-6-8-19(9-7-18)17-14(20)5-3-11-2-4-12(15)13(16)10-11/h2-5,10H,6-9H2,1H3,(H,17,20)/p+1/b5-3+. The van der Waals surface area contributed by atoms with E-state index >= 15 is 0 Å². The third-order valence-corrected chi connectivity index (χ3v) is 4.00. The molecule has 108 valence electrons. The molecule has 2 N–H and O–H groups in total. The van der Waals surface area contributed by atoms with Crippen molar-refractivity contribution in [3.8, 4) is 0 Å². The van der Waals surface area contributed by atoms with Crippen molar-refractivity contribution in [1.82, 2.24) is 10.4 Å². The van der Waals surface area contributed by atoms with E-state index in [4.69, 9.17) is 23.2 Å². The normalized spacial score (nSPS) is 17.6. The van der Waals surface area contributed by atoms with E-state index in [0.717, 1.165) is 31.7 Å². The van der Waals surface area contributed by atoms with Crippen LogP contribution >= 0.6 is 23.2 Å². The van der Waals surface area contributed by atoms with Crippen molar-refractivity contribution in [2.45, 2.75) is 0 Å². The van der Waals surface area contributed by atoms with Crippen LogP contribution in [0.15, 0.2) is 24.3 Å². The van der Waals surface area contributed by atoms with Gasteiger partial charge in [-0.2, -0.15) is 0 Å². The first-order chi connectivity index (χ1) is 9.54. The van der Waals surface area contributed by atoms with Crippen molar-refractivity contribution >= 4 is 35.2 Å². The molecule has 0 spiro atoms. The molecule has 1 saturated heterocycles. The van der Waals surface area contributed by atoms with Gasteiger partial charge in [-0.3, -0.25) is 10.2 Å². The minimum Gasteiger partial charge on any atom is -0.335 e. The van der Waals surface area contributed by atoms with Crippen LogP contribution in [0.1, 0.15) is 5.56 Å². The summed E-state index contributed by atoms with van der Waals surface area (Å²) in [7, 11) is 2.16. The van der Waals surface area contributed by atoms with E-state index in [-0.39, 0.29) is 5.91 Å². The molecule has 1 aliphatic heterocycles. The van der Waals surface area contributed by atoms with E-state index in [0.29, 0.717) is 10.0 Å². The van der Waals surface area contributed by atoms with Gasteiger partial charge in [0.05, 0.1) is 43.3 Å². The summed E-state index contributed by atoms with van der Waals surface area (Å²) in [6, 6.07) is 5.26. The van der Waals surface area contributed by atoms with Gasteiger partial charge in [0.1, 0.15) is 0 Å². The van der Waals surface area contributed by atoms with Crippen LogP contribution in [0.4, 0.5) is 0 Å². The highest BCUT2D eigenvalue weighted by atomic mass is 35.5. The zero-order valence-corrected chi connectivity index (χ0v) is 12.8. The summed E-state index contributed by atoms with van der Waals surface area (Å²) in [5.74, 6) is -0.129. The van der Waals surface area contributed by atoms with E-state index in [1.165, 1.54) is 11.0 Å². The second kappa shape index (κ2) is 7.09. The van der Waals surface area contributed by atoms with Gasteiger partial charge in [0.2, 0.25) is 0 Å². The molecule has 0 aliphatic carbocycles. The smallest absolute Gasteiger partial charge is 0.258 e. The van der Waals surface area contributed by atoms with Gasteiger partial charge >= 0.3 is 0 Å². The van der Waals surface area contributed by atoms with Crippen molar-refractivity contribution in [2.24, 2.45) is 0 Å². The lowest BCUT2D eigenvalue weighted by Crippen LogP contribution is -3.12. The second-order valence-corrected chi connectivity index (χ2v) is 5.74. The molecule has 1 heterocycles. The Labute approximate surface area is 128 Å². The molecule has 4 nitrogen and oxygen atoms in total. The van der Waals surface area contributed by atoms with Crippen LogP contribution in [0.3, 0.4) is 0 Å². The van der Waals surface area contributed by atoms with Crippen molar-refractivity contribution < 1.29 is 9.69 Å². The number of hydrogen-bond donors (Lipinski definition) is 2. The lowest BCUT2D eigenvalue weighted by atomic mass is 10.2. The molecule has 0 saturated carbocycles. The van der Waals surface area contributed by atoms with Crippen LogP contribution in [0.5, 0.6) is 0 Å². The fourth-order valence-corrected chi connectivity index (χ4v) is 2.29. The van der Waals surface area contributed by atoms with E-state index in [2.05, 4.69) is 12.5 Å².